The van der Waals surface area contributed by atoms with E-state index in [1.165, 1.54) is 0 Å². The number of carbonyl (C=O) groups excluding carboxylic acids is 1. The van der Waals surface area contributed by atoms with Gasteiger partial charge in [-0.15, -0.1) is 0 Å². The van der Waals surface area contributed by atoms with Gasteiger partial charge in [0.2, 0.25) is 5.91 Å². The van der Waals surface area contributed by atoms with Crippen LogP contribution >= 0.6 is 0 Å². The number of rotatable bonds is 2. The SMILES string of the molecule is CNC(=O)C1CCCN1c1ccc(N)c2cnccc12. The molecule has 1 unspecified atom stereocenters. The Morgan fingerprint density at radius 3 is 3.05 bits per heavy atom. The second-order valence-electron chi connectivity index (χ2n) is 5.06. The molecule has 5 nitrogen and oxygen atoms in total. The van der Waals surface area contributed by atoms with Crippen LogP contribution in [0.15, 0.2) is 30.6 Å². The van der Waals surface area contributed by atoms with Gasteiger partial charge >= 0.3 is 0 Å². The van der Waals surface area contributed by atoms with Crippen molar-refractivity contribution < 1.29 is 4.79 Å². The molecule has 1 amide bonds. The molecule has 1 aromatic carbocycles. The van der Waals surface area contributed by atoms with Gasteiger partial charge in [-0.25, -0.2) is 0 Å². The van der Waals surface area contributed by atoms with E-state index in [-0.39, 0.29) is 11.9 Å². The summed E-state index contributed by atoms with van der Waals surface area (Å²) >= 11 is 0. The van der Waals surface area contributed by atoms with Crippen molar-refractivity contribution in [2.75, 3.05) is 24.2 Å². The highest BCUT2D eigenvalue weighted by atomic mass is 16.2. The summed E-state index contributed by atoms with van der Waals surface area (Å²) in [5.74, 6) is 0.0709. The topological polar surface area (TPSA) is 71.2 Å². The van der Waals surface area contributed by atoms with Gasteiger partial charge < -0.3 is 16.0 Å². The molecule has 1 fully saturated rings. The van der Waals surface area contributed by atoms with Gasteiger partial charge in [-0.05, 0) is 31.0 Å². The average molecular weight is 270 g/mol. The lowest BCUT2D eigenvalue weighted by atomic mass is 10.1. The van der Waals surface area contributed by atoms with Gasteiger partial charge in [0.1, 0.15) is 6.04 Å². The highest BCUT2D eigenvalue weighted by Crippen LogP contribution is 2.34. The number of fused-ring (bicyclic) bond motifs is 1. The molecule has 1 aliphatic rings. The molecule has 3 rings (SSSR count). The van der Waals surface area contributed by atoms with E-state index in [1.54, 1.807) is 19.4 Å². The van der Waals surface area contributed by atoms with Crippen molar-refractivity contribution >= 4 is 28.1 Å². The van der Waals surface area contributed by atoms with Crippen molar-refractivity contribution in [2.24, 2.45) is 0 Å². The summed E-state index contributed by atoms with van der Waals surface area (Å²) in [7, 11) is 1.68. The van der Waals surface area contributed by atoms with Crippen LogP contribution in [-0.4, -0.2) is 30.5 Å². The fourth-order valence-corrected chi connectivity index (χ4v) is 2.94. The fourth-order valence-electron chi connectivity index (χ4n) is 2.94. The first kappa shape index (κ1) is 12.7. The first-order valence-electron chi connectivity index (χ1n) is 6.83. The number of anilines is 2. The van der Waals surface area contributed by atoms with Gasteiger partial charge in [0.15, 0.2) is 0 Å². The summed E-state index contributed by atoms with van der Waals surface area (Å²) in [5, 5.41) is 4.74. The monoisotopic (exact) mass is 270 g/mol. The molecule has 3 N–H and O–H groups in total. The molecule has 2 aromatic rings. The molecule has 0 saturated carbocycles. The number of nitrogen functional groups attached to an aromatic ring is 1. The maximum atomic E-state index is 12.0. The Morgan fingerprint density at radius 1 is 1.40 bits per heavy atom. The van der Waals surface area contributed by atoms with Gasteiger partial charge in [-0.3, -0.25) is 9.78 Å². The third kappa shape index (κ3) is 1.95. The molecule has 20 heavy (non-hydrogen) atoms. The van der Waals surface area contributed by atoms with Crippen LogP contribution in [0, 0.1) is 0 Å². The van der Waals surface area contributed by atoms with Crippen LogP contribution in [0.25, 0.3) is 10.8 Å². The number of aromatic nitrogens is 1. The minimum Gasteiger partial charge on any atom is -0.398 e. The minimum absolute atomic E-state index is 0.0709. The van der Waals surface area contributed by atoms with Crippen LogP contribution in [0.3, 0.4) is 0 Å². The van der Waals surface area contributed by atoms with E-state index in [2.05, 4.69) is 15.2 Å². The quantitative estimate of drug-likeness (QED) is 0.812. The first-order chi connectivity index (χ1) is 9.72. The van der Waals surface area contributed by atoms with Gasteiger partial charge in [-0.2, -0.15) is 0 Å². The van der Waals surface area contributed by atoms with Gasteiger partial charge in [0.05, 0.1) is 0 Å². The second kappa shape index (κ2) is 5.00. The molecule has 1 aliphatic heterocycles. The largest absolute Gasteiger partial charge is 0.398 e. The van der Waals surface area contributed by atoms with Crippen molar-refractivity contribution in [1.29, 1.82) is 0 Å². The zero-order valence-corrected chi connectivity index (χ0v) is 11.5. The molecule has 0 bridgehead atoms. The van der Waals surface area contributed by atoms with Crippen molar-refractivity contribution in [1.82, 2.24) is 10.3 Å². The molecule has 1 aromatic heterocycles. The normalized spacial score (nSPS) is 18.4. The van der Waals surface area contributed by atoms with E-state index in [0.717, 1.165) is 35.8 Å². The Balaban J connectivity index is 2.10. The summed E-state index contributed by atoms with van der Waals surface area (Å²) in [4.78, 5) is 18.3. The molecule has 0 aliphatic carbocycles. The molecule has 0 spiro atoms. The summed E-state index contributed by atoms with van der Waals surface area (Å²) in [6.45, 7) is 0.888. The Morgan fingerprint density at radius 2 is 2.25 bits per heavy atom. The maximum absolute atomic E-state index is 12.0. The Hall–Kier alpha value is -2.30. The number of nitrogens with one attached hydrogen (secondary N) is 1. The molecule has 104 valence electrons. The van der Waals surface area contributed by atoms with Crippen LogP contribution in [0.4, 0.5) is 11.4 Å². The molecular formula is C15H18N4O. The number of carbonyl (C=O) groups is 1. The van der Waals surface area contributed by atoms with Crippen molar-refractivity contribution in [3.8, 4) is 0 Å². The number of pyridine rings is 1. The lowest BCUT2D eigenvalue weighted by molar-refractivity contribution is -0.121. The molecule has 1 saturated heterocycles. The fraction of sp³-hybridized carbons (Fsp3) is 0.333. The van der Waals surface area contributed by atoms with E-state index in [4.69, 9.17) is 5.73 Å². The number of nitrogens with two attached hydrogens (primary N) is 1. The molecular weight excluding hydrogens is 252 g/mol. The summed E-state index contributed by atoms with van der Waals surface area (Å²) in [6.07, 6.45) is 5.45. The number of benzene rings is 1. The first-order valence-corrected chi connectivity index (χ1v) is 6.83. The predicted octanol–water partition coefficient (Wildman–Crippen LogP) is 1.53. The highest BCUT2D eigenvalue weighted by molar-refractivity contribution is 6.02. The Bertz CT molecular complexity index is 655. The maximum Gasteiger partial charge on any atom is 0.242 e. The van der Waals surface area contributed by atoms with Crippen molar-refractivity contribution in [3.05, 3.63) is 30.6 Å². The summed E-state index contributed by atoms with van der Waals surface area (Å²) < 4.78 is 0. The van der Waals surface area contributed by atoms with E-state index in [9.17, 15) is 4.79 Å². The van der Waals surface area contributed by atoms with E-state index < -0.39 is 0 Å². The van der Waals surface area contributed by atoms with Crippen LogP contribution in [-0.2, 0) is 4.79 Å². The summed E-state index contributed by atoms with van der Waals surface area (Å²) in [5.41, 5.74) is 7.78. The Labute approximate surface area is 117 Å². The minimum atomic E-state index is -0.0972. The third-order valence-corrected chi connectivity index (χ3v) is 3.94. The molecule has 2 heterocycles. The lowest BCUT2D eigenvalue weighted by Crippen LogP contribution is -2.42. The van der Waals surface area contributed by atoms with Gasteiger partial charge in [0, 0.05) is 48.1 Å². The lowest BCUT2D eigenvalue weighted by Gasteiger charge is -2.27. The van der Waals surface area contributed by atoms with Crippen molar-refractivity contribution in [2.45, 2.75) is 18.9 Å². The summed E-state index contributed by atoms with van der Waals surface area (Å²) in [6, 6.07) is 5.75. The Kier molecular flexibility index (Phi) is 3.18. The predicted molar refractivity (Wildman–Crippen MR) is 80.6 cm³/mol. The zero-order chi connectivity index (χ0) is 14.1. The number of likely N-dealkylation sites (N-methyl/N-ethyl adjacent to an activating group) is 1. The van der Waals surface area contributed by atoms with Crippen molar-refractivity contribution in [3.63, 3.8) is 0 Å². The van der Waals surface area contributed by atoms with E-state index in [0.29, 0.717) is 5.69 Å². The van der Waals surface area contributed by atoms with Gasteiger partial charge in [-0.1, -0.05) is 0 Å². The highest BCUT2D eigenvalue weighted by Gasteiger charge is 2.31. The van der Waals surface area contributed by atoms with Crippen LogP contribution in [0.2, 0.25) is 0 Å². The molecule has 5 heteroatoms. The smallest absolute Gasteiger partial charge is 0.242 e. The van der Waals surface area contributed by atoms with Crippen LogP contribution in [0.5, 0.6) is 0 Å². The zero-order valence-electron chi connectivity index (χ0n) is 11.5. The van der Waals surface area contributed by atoms with Crippen LogP contribution < -0.4 is 16.0 Å². The number of amides is 1. The average Bonchev–Trinajstić information content (AvgIpc) is 2.96. The van der Waals surface area contributed by atoms with Crippen LogP contribution in [0.1, 0.15) is 12.8 Å². The van der Waals surface area contributed by atoms with E-state index in [1.807, 2.05) is 18.2 Å². The molecule has 0 radical (unpaired) electrons. The number of hydrogen-bond acceptors (Lipinski definition) is 4. The second-order valence-corrected chi connectivity index (χ2v) is 5.06. The number of hydrogen-bond donors (Lipinski definition) is 2. The molecule has 1 atom stereocenters. The number of nitrogens with zero attached hydrogens (tertiary/aromatic N) is 2. The standard InChI is InChI=1S/C15H18N4O/c1-17-15(20)14-3-2-8-19(14)13-5-4-12(16)11-9-18-7-6-10(11)13/h4-7,9,14H,2-3,8,16H2,1H3,(H,17,20). The third-order valence-electron chi connectivity index (χ3n) is 3.94. The van der Waals surface area contributed by atoms with E-state index >= 15 is 0 Å². The van der Waals surface area contributed by atoms with Gasteiger partial charge in [0.25, 0.3) is 0 Å².